The van der Waals surface area contributed by atoms with Crippen molar-refractivity contribution in [2.45, 2.75) is 12.8 Å². The minimum atomic E-state index is -3.35. The number of aromatic nitrogens is 4. The molecular weight excluding hydrogens is 328 g/mol. The zero-order chi connectivity index (χ0) is 17.3. The highest BCUT2D eigenvalue weighted by atomic mass is 32.2. The van der Waals surface area contributed by atoms with Crippen LogP contribution < -0.4 is 0 Å². The Morgan fingerprint density at radius 2 is 1.96 bits per heavy atom. The summed E-state index contributed by atoms with van der Waals surface area (Å²) in [6.45, 7) is 1.06. The third kappa shape index (κ3) is 3.19. The van der Waals surface area contributed by atoms with Gasteiger partial charge in [-0.1, -0.05) is 0 Å². The maximum atomic E-state index is 12.2. The zero-order valence-corrected chi connectivity index (χ0v) is 14.9. The van der Waals surface area contributed by atoms with Crippen LogP contribution in [-0.4, -0.2) is 63.7 Å². The van der Waals surface area contributed by atoms with Gasteiger partial charge in [0.15, 0.2) is 5.82 Å². The van der Waals surface area contributed by atoms with Crippen molar-refractivity contribution in [3.05, 3.63) is 30.5 Å². The van der Waals surface area contributed by atoms with Gasteiger partial charge in [-0.15, -0.1) is 0 Å². The summed E-state index contributed by atoms with van der Waals surface area (Å²) in [5.74, 6) is 1.00. The second kappa shape index (κ2) is 6.58. The van der Waals surface area contributed by atoms with Crippen molar-refractivity contribution in [1.82, 2.24) is 28.1 Å². The lowest BCUT2D eigenvalue weighted by Gasteiger charge is -2.20. The summed E-state index contributed by atoms with van der Waals surface area (Å²) < 4.78 is 29.2. The Hall–Kier alpha value is -1.84. The number of aryl methyl sites for hydroxylation is 1. The standard InChI is InChI=1S/C15H22N6O2S/c1-19(2)24(22,23)21-8-4-12(11-21)10-13-14(17-6-5-16-13)15-18-7-9-20(15)3/h5-7,9,12H,4,8,10-11H2,1-3H3/t12-/m0/s1. The molecule has 0 radical (unpaired) electrons. The normalized spacial score (nSPS) is 19.2. The van der Waals surface area contributed by atoms with Gasteiger partial charge in [-0.05, 0) is 18.8 Å². The Kier molecular flexibility index (Phi) is 4.66. The molecule has 0 aliphatic carbocycles. The molecule has 0 aromatic carbocycles. The lowest BCUT2D eigenvalue weighted by atomic mass is 10.0. The molecule has 0 spiro atoms. The van der Waals surface area contributed by atoms with Crippen molar-refractivity contribution >= 4 is 10.2 Å². The van der Waals surface area contributed by atoms with E-state index in [0.717, 1.165) is 23.6 Å². The number of hydrogen-bond donors (Lipinski definition) is 0. The molecule has 130 valence electrons. The molecule has 1 atom stereocenters. The SMILES string of the molecule is CN(C)S(=O)(=O)N1CC[C@@H](Cc2nccnc2-c2nccn2C)C1. The van der Waals surface area contributed by atoms with Crippen LogP contribution >= 0.6 is 0 Å². The zero-order valence-electron chi connectivity index (χ0n) is 14.1. The van der Waals surface area contributed by atoms with Gasteiger partial charge in [0, 0.05) is 59.0 Å². The van der Waals surface area contributed by atoms with E-state index in [4.69, 9.17) is 0 Å². The van der Waals surface area contributed by atoms with Crippen LogP contribution in [0.5, 0.6) is 0 Å². The predicted molar refractivity (Wildman–Crippen MR) is 90.2 cm³/mol. The topological polar surface area (TPSA) is 84.2 Å². The summed E-state index contributed by atoms with van der Waals surface area (Å²) in [7, 11) is 1.69. The molecule has 0 unspecified atom stereocenters. The van der Waals surface area contributed by atoms with Crippen LogP contribution in [0.25, 0.3) is 11.5 Å². The fourth-order valence-electron chi connectivity index (χ4n) is 2.97. The molecule has 0 N–H and O–H groups in total. The monoisotopic (exact) mass is 350 g/mol. The van der Waals surface area contributed by atoms with Crippen LogP contribution in [0.2, 0.25) is 0 Å². The van der Waals surface area contributed by atoms with Gasteiger partial charge in [-0.3, -0.25) is 4.98 Å². The van der Waals surface area contributed by atoms with Gasteiger partial charge in [-0.25, -0.2) is 9.97 Å². The maximum Gasteiger partial charge on any atom is 0.281 e. The van der Waals surface area contributed by atoms with Crippen molar-refractivity contribution in [3.8, 4) is 11.5 Å². The largest absolute Gasteiger partial charge is 0.333 e. The Labute approximate surface area is 142 Å². The molecule has 3 rings (SSSR count). The number of hydrogen-bond acceptors (Lipinski definition) is 5. The molecule has 8 nitrogen and oxygen atoms in total. The third-order valence-electron chi connectivity index (χ3n) is 4.33. The van der Waals surface area contributed by atoms with Crippen LogP contribution in [0, 0.1) is 5.92 Å². The molecule has 1 aliphatic rings. The Balaban J connectivity index is 1.78. The van der Waals surface area contributed by atoms with E-state index in [9.17, 15) is 8.42 Å². The van der Waals surface area contributed by atoms with Gasteiger partial charge in [0.2, 0.25) is 0 Å². The van der Waals surface area contributed by atoms with Gasteiger partial charge in [-0.2, -0.15) is 17.0 Å². The van der Waals surface area contributed by atoms with E-state index in [2.05, 4.69) is 15.0 Å². The first kappa shape index (κ1) is 17.0. The van der Waals surface area contributed by atoms with E-state index in [0.29, 0.717) is 19.5 Å². The average molecular weight is 350 g/mol. The van der Waals surface area contributed by atoms with Gasteiger partial charge in [0.25, 0.3) is 10.2 Å². The van der Waals surface area contributed by atoms with Crippen LogP contribution in [0.3, 0.4) is 0 Å². The number of rotatable bonds is 5. The molecule has 1 fully saturated rings. The molecule has 0 bridgehead atoms. The second-order valence-corrected chi connectivity index (χ2v) is 8.36. The van der Waals surface area contributed by atoms with E-state index in [1.165, 1.54) is 8.61 Å². The van der Waals surface area contributed by atoms with E-state index in [1.54, 1.807) is 32.7 Å². The van der Waals surface area contributed by atoms with Crippen molar-refractivity contribution < 1.29 is 8.42 Å². The molecule has 1 aliphatic heterocycles. The number of imidazole rings is 1. The Bertz CT molecular complexity index is 817. The van der Waals surface area contributed by atoms with Crippen LogP contribution in [-0.2, 0) is 23.7 Å². The van der Waals surface area contributed by atoms with Crippen LogP contribution in [0.1, 0.15) is 12.1 Å². The number of nitrogens with zero attached hydrogens (tertiary/aromatic N) is 6. The quantitative estimate of drug-likeness (QED) is 0.786. The summed E-state index contributed by atoms with van der Waals surface area (Å²) in [6.07, 6.45) is 8.44. The second-order valence-electron chi connectivity index (χ2n) is 6.22. The summed E-state index contributed by atoms with van der Waals surface area (Å²) in [6, 6.07) is 0. The highest BCUT2D eigenvalue weighted by Crippen LogP contribution is 2.26. The minimum Gasteiger partial charge on any atom is -0.333 e. The van der Waals surface area contributed by atoms with Crippen molar-refractivity contribution in [2.24, 2.45) is 13.0 Å². The van der Waals surface area contributed by atoms with Gasteiger partial charge in [0.1, 0.15) is 5.69 Å². The highest BCUT2D eigenvalue weighted by Gasteiger charge is 2.33. The minimum absolute atomic E-state index is 0.232. The lowest BCUT2D eigenvalue weighted by Crippen LogP contribution is -2.38. The molecule has 2 aromatic rings. The summed E-state index contributed by atoms with van der Waals surface area (Å²) in [4.78, 5) is 13.2. The first-order chi connectivity index (χ1) is 11.4. The average Bonchev–Trinajstić information content (AvgIpc) is 3.17. The molecule has 3 heterocycles. The Morgan fingerprint density at radius 1 is 1.21 bits per heavy atom. The van der Waals surface area contributed by atoms with Gasteiger partial charge < -0.3 is 4.57 Å². The highest BCUT2D eigenvalue weighted by molar-refractivity contribution is 7.86. The van der Waals surface area contributed by atoms with E-state index in [1.807, 2.05) is 17.8 Å². The van der Waals surface area contributed by atoms with Crippen LogP contribution in [0.4, 0.5) is 0 Å². The molecule has 24 heavy (non-hydrogen) atoms. The van der Waals surface area contributed by atoms with E-state index >= 15 is 0 Å². The fraction of sp³-hybridized carbons (Fsp3) is 0.533. The predicted octanol–water partition coefficient (Wildman–Crippen LogP) is 0.548. The lowest BCUT2D eigenvalue weighted by molar-refractivity contribution is 0.409. The first-order valence-electron chi connectivity index (χ1n) is 7.84. The molecule has 0 amide bonds. The molecular formula is C15H22N6O2S. The fourth-order valence-corrected chi connectivity index (χ4v) is 4.17. The van der Waals surface area contributed by atoms with Gasteiger partial charge >= 0.3 is 0 Å². The van der Waals surface area contributed by atoms with E-state index < -0.39 is 10.2 Å². The van der Waals surface area contributed by atoms with Crippen LogP contribution in [0.15, 0.2) is 24.8 Å². The van der Waals surface area contributed by atoms with Crippen molar-refractivity contribution in [3.63, 3.8) is 0 Å². The summed E-state index contributed by atoms with van der Waals surface area (Å²) >= 11 is 0. The summed E-state index contributed by atoms with van der Waals surface area (Å²) in [5, 5.41) is 0. The molecule has 9 heteroatoms. The van der Waals surface area contributed by atoms with Crippen molar-refractivity contribution in [2.75, 3.05) is 27.2 Å². The maximum absolute atomic E-state index is 12.2. The third-order valence-corrected chi connectivity index (χ3v) is 6.23. The molecule has 0 saturated carbocycles. The Morgan fingerprint density at radius 3 is 2.62 bits per heavy atom. The smallest absolute Gasteiger partial charge is 0.281 e. The summed E-state index contributed by atoms with van der Waals surface area (Å²) in [5.41, 5.74) is 1.62. The first-order valence-corrected chi connectivity index (χ1v) is 9.24. The molecule has 2 aromatic heterocycles. The van der Waals surface area contributed by atoms with Crippen molar-refractivity contribution in [1.29, 1.82) is 0 Å². The van der Waals surface area contributed by atoms with Gasteiger partial charge in [0.05, 0.1) is 5.69 Å². The molecule has 1 saturated heterocycles. The van der Waals surface area contributed by atoms with E-state index in [-0.39, 0.29) is 5.92 Å².